The largest absolute Gasteiger partial charge is 0.391 e. The number of hydrogen-bond donors (Lipinski definition) is 2. The first-order chi connectivity index (χ1) is 8.66. The summed E-state index contributed by atoms with van der Waals surface area (Å²) in [5.74, 6) is -0.159. The molecule has 2 fully saturated rings. The van der Waals surface area contributed by atoms with Gasteiger partial charge in [0.2, 0.25) is 0 Å². The number of rotatable bonds is 1. The van der Waals surface area contributed by atoms with Crippen LogP contribution in [0.5, 0.6) is 0 Å². The standard InChI is InChI=1S/C14H15NO3/c16-10-7-12-13(17)11(14(18)15(12)8-10)6-9-4-2-1-3-5-9/h1-6,10,12-13,16-17H,7-8H2/t10-,12-,13+/m1/s1. The first kappa shape index (κ1) is 11.4. The number of nitrogens with zero attached hydrogens (tertiary/aromatic N) is 1. The minimum absolute atomic E-state index is 0.159. The summed E-state index contributed by atoms with van der Waals surface area (Å²) in [6, 6.07) is 9.22. The Bertz CT molecular complexity index is 497. The van der Waals surface area contributed by atoms with Crippen LogP contribution in [0, 0.1) is 0 Å². The Morgan fingerprint density at radius 1 is 1.22 bits per heavy atom. The van der Waals surface area contributed by atoms with Crippen molar-refractivity contribution in [2.24, 2.45) is 0 Å². The maximum Gasteiger partial charge on any atom is 0.252 e. The van der Waals surface area contributed by atoms with Crippen LogP contribution < -0.4 is 0 Å². The van der Waals surface area contributed by atoms with Crippen LogP contribution in [0.3, 0.4) is 0 Å². The molecule has 0 aliphatic carbocycles. The molecule has 2 aliphatic heterocycles. The van der Waals surface area contributed by atoms with Crippen molar-refractivity contribution in [1.29, 1.82) is 0 Å². The molecule has 0 unspecified atom stereocenters. The fourth-order valence-corrected chi connectivity index (χ4v) is 2.75. The quantitative estimate of drug-likeness (QED) is 0.704. The van der Waals surface area contributed by atoms with E-state index in [1.165, 1.54) is 0 Å². The van der Waals surface area contributed by atoms with Gasteiger partial charge in [0.15, 0.2) is 0 Å². The molecule has 4 nitrogen and oxygen atoms in total. The summed E-state index contributed by atoms with van der Waals surface area (Å²) >= 11 is 0. The number of fused-ring (bicyclic) bond motifs is 1. The number of amides is 1. The van der Waals surface area contributed by atoms with Crippen LogP contribution >= 0.6 is 0 Å². The number of aliphatic hydroxyl groups excluding tert-OH is 2. The van der Waals surface area contributed by atoms with Crippen molar-refractivity contribution in [1.82, 2.24) is 4.90 Å². The van der Waals surface area contributed by atoms with Crippen LogP contribution in [0.15, 0.2) is 35.9 Å². The van der Waals surface area contributed by atoms with E-state index in [1.54, 1.807) is 11.0 Å². The summed E-state index contributed by atoms with van der Waals surface area (Å²) in [5, 5.41) is 19.7. The number of carbonyl (C=O) groups excluding carboxylic acids is 1. The van der Waals surface area contributed by atoms with Gasteiger partial charge in [-0.25, -0.2) is 0 Å². The van der Waals surface area contributed by atoms with E-state index in [1.807, 2.05) is 30.3 Å². The fraction of sp³-hybridized carbons (Fsp3) is 0.357. The third-order valence-corrected chi connectivity index (χ3v) is 3.63. The van der Waals surface area contributed by atoms with Gasteiger partial charge in [0.05, 0.1) is 12.1 Å². The Labute approximate surface area is 105 Å². The highest BCUT2D eigenvalue weighted by Crippen LogP contribution is 2.33. The van der Waals surface area contributed by atoms with Crippen LogP contribution in [0.4, 0.5) is 0 Å². The first-order valence-corrected chi connectivity index (χ1v) is 6.10. The zero-order valence-electron chi connectivity index (χ0n) is 9.86. The number of hydrogen-bond acceptors (Lipinski definition) is 3. The maximum atomic E-state index is 12.1. The fourth-order valence-electron chi connectivity index (χ4n) is 2.75. The number of carbonyl (C=O) groups is 1. The van der Waals surface area contributed by atoms with Crippen molar-refractivity contribution in [2.45, 2.75) is 24.7 Å². The van der Waals surface area contributed by atoms with E-state index in [2.05, 4.69) is 0 Å². The van der Waals surface area contributed by atoms with Crippen molar-refractivity contribution in [3.05, 3.63) is 41.5 Å². The van der Waals surface area contributed by atoms with Crippen molar-refractivity contribution >= 4 is 12.0 Å². The zero-order chi connectivity index (χ0) is 12.7. The lowest BCUT2D eigenvalue weighted by molar-refractivity contribution is -0.125. The molecule has 2 saturated heterocycles. The molecule has 18 heavy (non-hydrogen) atoms. The summed E-state index contributed by atoms with van der Waals surface area (Å²) in [6.45, 7) is 0.326. The summed E-state index contributed by atoms with van der Waals surface area (Å²) < 4.78 is 0. The molecule has 3 atom stereocenters. The lowest BCUT2D eigenvalue weighted by atomic mass is 10.0. The molecule has 0 aromatic heterocycles. The van der Waals surface area contributed by atoms with Gasteiger partial charge in [0.1, 0.15) is 6.10 Å². The lowest BCUT2D eigenvalue weighted by Gasteiger charge is -2.14. The second-order valence-electron chi connectivity index (χ2n) is 4.87. The van der Waals surface area contributed by atoms with Crippen LogP contribution in [0.1, 0.15) is 12.0 Å². The third kappa shape index (κ3) is 1.74. The van der Waals surface area contributed by atoms with Gasteiger partial charge < -0.3 is 15.1 Å². The van der Waals surface area contributed by atoms with Crippen molar-refractivity contribution in [2.75, 3.05) is 6.54 Å². The highest BCUT2D eigenvalue weighted by molar-refractivity contribution is 6.02. The second kappa shape index (κ2) is 4.23. The van der Waals surface area contributed by atoms with Gasteiger partial charge in [0.25, 0.3) is 5.91 Å². The van der Waals surface area contributed by atoms with Crippen molar-refractivity contribution < 1.29 is 15.0 Å². The first-order valence-electron chi connectivity index (χ1n) is 6.10. The lowest BCUT2D eigenvalue weighted by Crippen LogP contribution is -2.30. The molecule has 1 aromatic carbocycles. The average Bonchev–Trinajstić information content (AvgIpc) is 2.85. The van der Waals surface area contributed by atoms with Crippen LogP contribution in [-0.4, -0.2) is 45.8 Å². The van der Waals surface area contributed by atoms with Crippen LogP contribution in [-0.2, 0) is 4.79 Å². The summed E-state index contributed by atoms with van der Waals surface area (Å²) in [7, 11) is 0. The van der Waals surface area contributed by atoms with E-state index in [0.29, 0.717) is 18.5 Å². The zero-order valence-corrected chi connectivity index (χ0v) is 9.86. The molecule has 2 N–H and O–H groups in total. The van der Waals surface area contributed by atoms with Crippen molar-refractivity contribution in [3.63, 3.8) is 0 Å². The summed E-state index contributed by atoms with van der Waals surface area (Å²) in [4.78, 5) is 13.7. The normalized spacial score (nSPS) is 33.2. The molecule has 4 heteroatoms. The molecular formula is C14H15NO3. The Balaban J connectivity index is 1.91. The predicted octanol–water partition coefficient (Wildman–Crippen LogP) is 0.406. The van der Waals surface area contributed by atoms with Gasteiger partial charge in [-0.15, -0.1) is 0 Å². The molecule has 2 heterocycles. The van der Waals surface area contributed by atoms with E-state index in [-0.39, 0.29) is 11.9 Å². The Morgan fingerprint density at radius 3 is 2.61 bits per heavy atom. The molecule has 0 bridgehead atoms. The van der Waals surface area contributed by atoms with E-state index in [4.69, 9.17) is 0 Å². The molecule has 94 valence electrons. The topological polar surface area (TPSA) is 60.8 Å². The van der Waals surface area contributed by atoms with E-state index in [0.717, 1.165) is 5.56 Å². The summed E-state index contributed by atoms with van der Waals surface area (Å²) in [6.07, 6.45) is 0.887. The monoisotopic (exact) mass is 245 g/mol. The van der Waals surface area contributed by atoms with Gasteiger partial charge in [0, 0.05) is 12.1 Å². The molecule has 0 saturated carbocycles. The van der Waals surface area contributed by atoms with Gasteiger partial charge in [-0.2, -0.15) is 0 Å². The van der Waals surface area contributed by atoms with Crippen molar-refractivity contribution in [3.8, 4) is 0 Å². The molecule has 1 aromatic rings. The minimum Gasteiger partial charge on any atom is -0.391 e. The van der Waals surface area contributed by atoms with E-state index in [9.17, 15) is 15.0 Å². The SMILES string of the molecule is O=C1C(=Cc2ccccc2)[C@H](O)[C@H]2C[C@@H](O)CN12. The average molecular weight is 245 g/mol. The molecule has 0 spiro atoms. The molecule has 3 rings (SSSR count). The van der Waals surface area contributed by atoms with Crippen LogP contribution in [0.2, 0.25) is 0 Å². The molecule has 0 radical (unpaired) electrons. The third-order valence-electron chi connectivity index (χ3n) is 3.63. The Morgan fingerprint density at radius 2 is 1.94 bits per heavy atom. The van der Waals surface area contributed by atoms with Gasteiger partial charge in [-0.05, 0) is 18.1 Å². The Hall–Kier alpha value is -1.65. The smallest absolute Gasteiger partial charge is 0.252 e. The molecular weight excluding hydrogens is 230 g/mol. The number of benzene rings is 1. The maximum absolute atomic E-state index is 12.1. The highest BCUT2D eigenvalue weighted by Gasteiger charge is 2.48. The molecule has 1 amide bonds. The number of aliphatic hydroxyl groups is 2. The summed E-state index contributed by atoms with van der Waals surface area (Å²) in [5.41, 5.74) is 1.33. The van der Waals surface area contributed by atoms with Gasteiger partial charge in [-0.3, -0.25) is 4.79 Å². The highest BCUT2D eigenvalue weighted by atomic mass is 16.3. The molecule has 2 aliphatic rings. The predicted molar refractivity (Wildman–Crippen MR) is 66.6 cm³/mol. The van der Waals surface area contributed by atoms with Crippen LogP contribution in [0.25, 0.3) is 6.08 Å². The second-order valence-corrected chi connectivity index (χ2v) is 4.87. The van der Waals surface area contributed by atoms with Gasteiger partial charge >= 0.3 is 0 Å². The van der Waals surface area contributed by atoms with Gasteiger partial charge in [-0.1, -0.05) is 30.3 Å². The Kier molecular flexibility index (Phi) is 2.69. The van der Waals surface area contributed by atoms with E-state index < -0.39 is 12.2 Å². The minimum atomic E-state index is -0.796. The van der Waals surface area contributed by atoms with E-state index >= 15 is 0 Å².